The Labute approximate surface area is 266 Å². The van der Waals surface area contributed by atoms with Crippen molar-refractivity contribution >= 4 is 0 Å². The van der Waals surface area contributed by atoms with Crippen LogP contribution in [0.3, 0.4) is 0 Å². The predicted octanol–water partition coefficient (Wildman–Crippen LogP) is 9.88. The summed E-state index contributed by atoms with van der Waals surface area (Å²) < 4.78 is 41.9. The van der Waals surface area contributed by atoms with Gasteiger partial charge in [-0.05, 0) is 102 Å². The highest BCUT2D eigenvalue weighted by Crippen LogP contribution is 2.14. The van der Waals surface area contributed by atoms with Crippen LogP contribution in [0, 0.1) is 0 Å². The van der Waals surface area contributed by atoms with E-state index >= 15 is 0 Å². The third-order valence-electron chi connectivity index (χ3n) is 6.57. The van der Waals surface area contributed by atoms with Gasteiger partial charge < -0.3 is 33.2 Å². The molecule has 43 heavy (non-hydrogen) atoms. The molecule has 0 aliphatic rings. The molecule has 0 radical (unpaired) electrons. The summed E-state index contributed by atoms with van der Waals surface area (Å²) >= 11 is 0. The van der Waals surface area contributed by atoms with Crippen molar-refractivity contribution in [3.05, 3.63) is 24.3 Å². The topological polar surface area (TPSA) is 64.6 Å². The molecule has 0 aliphatic carbocycles. The van der Waals surface area contributed by atoms with E-state index in [0.717, 1.165) is 129 Å². The standard InChI is InChI=1S/C36H70O7/c1-7-13-31-41-35(25-21-17-15-19-23-33(37-27-9-3)38-28-10-4)43-36(42-32-14-8-2)26-22-18-16-20-24-34(39-29-11-5)40-30-12-6/h21-22,25-26,33-36H,7-20,23-24,27-32H2,1-6H3. The van der Waals surface area contributed by atoms with Crippen molar-refractivity contribution in [2.75, 3.05) is 39.6 Å². The Morgan fingerprint density at radius 3 is 1.09 bits per heavy atom. The zero-order chi connectivity index (χ0) is 31.6. The van der Waals surface area contributed by atoms with Crippen LogP contribution in [-0.4, -0.2) is 64.8 Å². The van der Waals surface area contributed by atoms with Crippen molar-refractivity contribution in [3.8, 4) is 0 Å². The zero-order valence-electron chi connectivity index (χ0n) is 29.0. The second kappa shape index (κ2) is 34.1. The second-order valence-corrected chi connectivity index (χ2v) is 11.1. The second-order valence-electron chi connectivity index (χ2n) is 11.1. The van der Waals surface area contributed by atoms with E-state index in [9.17, 15) is 0 Å². The number of rotatable bonds is 34. The molecule has 0 spiro atoms. The molecule has 0 bridgehead atoms. The molecule has 0 amide bonds. The largest absolute Gasteiger partial charge is 0.353 e. The van der Waals surface area contributed by atoms with Gasteiger partial charge in [0, 0.05) is 26.4 Å². The number of unbranched alkanes of at least 4 members (excludes halogenated alkanes) is 6. The first kappa shape index (κ1) is 42.2. The Morgan fingerprint density at radius 1 is 0.395 bits per heavy atom. The van der Waals surface area contributed by atoms with Crippen molar-refractivity contribution in [2.24, 2.45) is 0 Å². The number of ether oxygens (including phenoxy) is 7. The molecule has 0 rings (SSSR count). The summed E-state index contributed by atoms with van der Waals surface area (Å²) in [4.78, 5) is 0. The van der Waals surface area contributed by atoms with Gasteiger partial charge in [-0.25, -0.2) is 0 Å². The molecule has 0 aromatic carbocycles. The van der Waals surface area contributed by atoms with Gasteiger partial charge in [0.25, 0.3) is 0 Å². The van der Waals surface area contributed by atoms with Gasteiger partial charge in [0.1, 0.15) is 0 Å². The van der Waals surface area contributed by atoms with Gasteiger partial charge in [-0.3, -0.25) is 0 Å². The van der Waals surface area contributed by atoms with Crippen LogP contribution in [0.5, 0.6) is 0 Å². The van der Waals surface area contributed by atoms with E-state index in [1.165, 1.54) is 0 Å². The fourth-order valence-corrected chi connectivity index (χ4v) is 4.09. The SMILES string of the molecule is CCCCOC(C=CCCCCC(OCCC)OCCC)OC(C=CCCCCC(OCCC)OCCC)OCCCC. The minimum absolute atomic E-state index is 0.0876. The van der Waals surface area contributed by atoms with Crippen molar-refractivity contribution in [1.29, 1.82) is 0 Å². The van der Waals surface area contributed by atoms with Crippen LogP contribution in [0.4, 0.5) is 0 Å². The summed E-state index contributed by atoms with van der Waals surface area (Å²) in [6, 6.07) is 0. The predicted molar refractivity (Wildman–Crippen MR) is 178 cm³/mol. The van der Waals surface area contributed by atoms with Crippen molar-refractivity contribution in [2.45, 2.75) is 169 Å². The van der Waals surface area contributed by atoms with Gasteiger partial charge in [-0.15, -0.1) is 0 Å². The Bertz CT molecular complexity index is 532. The molecule has 0 aromatic heterocycles. The molecule has 0 aromatic rings. The summed E-state index contributed by atoms with van der Waals surface area (Å²) in [5.74, 6) is 0. The van der Waals surface area contributed by atoms with Crippen LogP contribution in [-0.2, 0) is 33.2 Å². The lowest BCUT2D eigenvalue weighted by Crippen LogP contribution is -2.25. The zero-order valence-corrected chi connectivity index (χ0v) is 29.0. The van der Waals surface area contributed by atoms with E-state index in [1.54, 1.807) is 0 Å². The van der Waals surface area contributed by atoms with Gasteiger partial charge in [0.15, 0.2) is 25.2 Å². The average molecular weight is 615 g/mol. The van der Waals surface area contributed by atoms with E-state index in [1.807, 2.05) is 12.2 Å². The fourth-order valence-electron chi connectivity index (χ4n) is 4.09. The number of allylic oxidation sites excluding steroid dienone is 2. The fraction of sp³-hybridized carbons (Fsp3) is 0.889. The smallest absolute Gasteiger partial charge is 0.180 e. The van der Waals surface area contributed by atoms with Gasteiger partial charge >= 0.3 is 0 Å². The Balaban J connectivity index is 4.84. The highest BCUT2D eigenvalue weighted by Gasteiger charge is 2.14. The summed E-state index contributed by atoms with van der Waals surface area (Å²) in [7, 11) is 0. The van der Waals surface area contributed by atoms with Gasteiger partial charge in [0.05, 0.1) is 13.2 Å². The van der Waals surface area contributed by atoms with E-state index in [-0.39, 0.29) is 12.6 Å². The lowest BCUT2D eigenvalue weighted by atomic mass is 10.2. The molecule has 7 nitrogen and oxygen atoms in total. The monoisotopic (exact) mass is 615 g/mol. The highest BCUT2D eigenvalue weighted by molar-refractivity contribution is 4.89. The maximum absolute atomic E-state index is 6.31. The van der Waals surface area contributed by atoms with Crippen LogP contribution < -0.4 is 0 Å². The van der Waals surface area contributed by atoms with Crippen LogP contribution in [0.1, 0.15) is 144 Å². The third-order valence-corrected chi connectivity index (χ3v) is 6.57. The minimum atomic E-state index is -0.427. The maximum atomic E-state index is 6.31. The van der Waals surface area contributed by atoms with Crippen LogP contribution in [0.25, 0.3) is 0 Å². The van der Waals surface area contributed by atoms with Gasteiger partial charge in [-0.2, -0.15) is 0 Å². The first-order valence-corrected chi connectivity index (χ1v) is 17.8. The molecule has 7 heteroatoms. The summed E-state index contributed by atoms with van der Waals surface area (Å²) in [5.41, 5.74) is 0. The molecule has 0 heterocycles. The summed E-state index contributed by atoms with van der Waals surface area (Å²) in [6.07, 6.45) is 23.7. The van der Waals surface area contributed by atoms with Crippen LogP contribution in [0.2, 0.25) is 0 Å². The normalized spacial score (nSPS) is 13.8. The van der Waals surface area contributed by atoms with E-state index in [0.29, 0.717) is 13.2 Å². The van der Waals surface area contributed by atoms with E-state index in [4.69, 9.17) is 33.2 Å². The van der Waals surface area contributed by atoms with Crippen molar-refractivity contribution in [1.82, 2.24) is 0 Å². The number of hydrogen-bond acceptors (Lipinski definition) is 7. The molecule has 0 saturated heterocycles. The lowest BCUT2D eigenvalue weighted by molar-refractivity contribution is -0.208. The van der Waals surface area contributed by atoms with Crippen LogP contribution in [0.15, 0.2) is 24.3 Å². The Hall–Kier alpha value is -0.800. The summed E-state index contributed by atoms with van der Waals surface area (Å²) in [5, 5.41) is 0. The molecular formula is C36H70O7. The Kier molecular flexibility index (Phi) is 33.4. The quantitative estimate of drug-likeness (QED) is 0.0406. The van der Waals surface area contributed by atoms with Crippen LogP contribution >= 0.6 is 0 Å². The lowest BCUT2D eigenvalue weighted by Gasteiger charge is -2.21. The molecule has 0 N–H and O–H groups in total. The molecule has 256 valence electrons. The molecular weight excluding hydrogens is 544 g/mol. The molecule has 0 aliphatic heterocycles. The first-order valence-electron chi connectivity index (χ1n) is 17.8. The van der Waals surface area contributed by atoms with E-state index < -0.39 is 12.6 Å². The molecule has 2 unspecified atom stereocenters. The minimum Gasteiger partial charge on any atom is -0.353 e. The molecule has 2 atom stereocenters. The van der Waals surface area contributed by atoms with E-state index in [2.05, 4.69) is 53.7 Å². The highest BCUT2D eigenvalue weighted by atomic mass is 16.8. The van der Waals surface area contributed by atoms with Gasteiger partial charge in [-0.1, -0.05) is 66.5 Å². The van der Waals surface area contributed by atoms with Crippen molar-refractivity contribution < 1.29 is 33.2 Å². The maximum Gasteiger partial charge on any atom is 0.180 e. The molecule has 0 saturated carbocycles. The average Bonchev–Trinajstić information content (AvgIpc) is 3.02. The van der Waals surface area contributed by atoms with Crippen molar-refractivity contribution in [3.63, 3.8) is 0 Å². The summed E-state index contributed by atoms with van der Waals surface area (Å²) in [6.45, 7) is 17.2. The number of hydrogen-bond donors (Lipinski definition) is 0. The first-order chi connectivity index (χ1) is 21.1. The molecule has 0 fully saturated rings. The third kappa shape index (κ3) is 28.4. The Morgan fingerprint density at radius 2 is 0.767 bits per heavy atom. The van der Waals surface area contributed by atoms with Gasteiger partial charge in [0.2, 0.25) is 0 Å².